The lowest BCUT2D eigenvalue weighted by molar-refractivity contribution is -0.232. The second-order valence-corrected chi connectivity index (χ2v) is 8.01. The molecule has 6 heteroatoms. The number of carbonyl (C=O) groups is 2. The summed E-state index contributed by atoms with van der Waals surface area (Å²) in [4.78, 5) is 23.5. The molecule has 0 amide bonds. The molecule has 3 N–H and O–H groups in total. The monoisotopic (exact) mass is 410 g/mol. The van der Waals surface area contributed by atoms with E-state index in [9.17, 15) is 24.9 Å². The molecule has 4 atom stereocenters. The van der Waals surface area contributed by atoms with Crippen LogP contribution in [0.1, 0.15) is 78.1 Å². The van der Waals surface area contributed by atoms with Gasteiger partial charge in [-0.3, -0.25) is 4.79 Å². The van der Waals surface area contributed by atoms with Gasteiger partial charge < -0.3 is 20.1 Å². The number of hydrogen-bond acceptors (Lipinski definition) is 5. The van der Waals surface area contributed by atoms with Crippen molar-refractivity contribution in [2.45, 2.75) is 89.9 Å². The van der Waals surface area contributed by atoms with Gasteiger partial charge in [0.15, 0.2) is 0 Å². The number of unbranched alkanes of at least 4 members (excludes halogenated alkanes) is 3. The van der Waals surface area contributed by atoms with Gasteiger partial charge in [0.05, 0.1) is 12.7 Å². The van der Waals surface area contributed by atoms with E-state index in [4.69, 9.17) is 4.74 Å². The summed E-state index contributed by atoms with van der Waals surface area (Å²) in [5, 5.41) is 28.5. The molecule has 0 aromatic carbocycles. The molecule has 1 aliphatic rings. The van der Waals surface area contributed by atoms with Gasteiger partial charge in [-0.1, -0.05) is 44.1 Å². The van der Waals surface area contributed by atoms with E-state index in [0.29, 0.717) is 24.5 Å². The number of carboxylic acid groups (broad SMARTS) is 1. The first kappa shape index (κ1) is 25.5. The molecule has 0 spiro atoms. The highest BCUT2D eigenvalue weighted by Gasteiger charge is 2.37. The largest absolute Gasteiger partial charge is 0.477 e. The van der Waals surface area contributed by atoms with Crippen molar-refractivity contribution in [3.8, 4) is 0 Å². The van der Waals surface area contributed by atoms with Crippen LogP contribution in [0.4, 0.5) is 0 Å². The summed E-state index contributed by atoms with van der Waals surface area (Å²) in [5.74, 6) is -3.02. The zero-order valence-electron chi connectivity index (χ0n) is 17.9. The Morgan fingerprint density at radius 1 is 1.24 bits per heavy atom. The lowest BCUT2D eigenvalue weighted by Crippen LogP contribution is -2.43. The average molecular weight is 411 g/mol. The Bertz CT molecular complexity index is 554. The Morgan fingerprint density at radius 3 is 2.62 bits per heavy atom. The molecule has 166 valence electrons. The molecule has 0 heterocycles. The van der Waals surface area contributed by atoms with Gasteiger partial charge in [0.1, 0.15) is 5.78 Å². The molecule has 6 nitrogen and oxygen atoms in total. The normalized spacial score (nSPS) is 23.1. The molecule has 29 heavy (non-hydrogen) atoms. The molecule has 0 aromatic heterocycles. The molecule has 0 saturated heterocycles. The minimum atomic E-state index is -2.27. The number of rotatable bonds is 15. The number of Topliss-reactive ketones (excluding diaryl/α,β-unsaturated/α-hetero) is 1. The fourth-order valence-electron chi connectivity index (χ4n) is 3.69. The third kappa shape index (κ3) is 9.70. The number of aliphatic hydroxyl groups is 2. The Hall–Kier alpha value is -1.50. The van der Waals surface area contributed by atoms with E-state index in [2.05, 4.69) is 31.2 Å². The summed E-state index contributed by atoms with van der Waals surface area (Å²) in [5.41, 5.74) is 0. The number of ether oxygens (including phenoxy) is 1. The van der Waals surface area contributed by atoms with Crippen LogP contribution in [0, 0.1) is 11.8 Å². The summed E-state index contributed by atoms with van der Waals surface area (Å²) in [6.45, 7) is 3.35. The number of aliphatic carboxylic acids is 1. The number of hydrogen-bond donors (Lipinski definition) is 3. The second kappa shape index (κ2) is 13.7. The Balaban J connectivity index is 2.36. The van der Waals surface area contributed by atoms with Crippen LogP contribution in [0.3, 0.4) is 0 Å². The van der Waals surface area contributed by atoms with Gasteiger partial charge in [0.2, 0.25) is 0 Å². The third-order valence-electron chi connectivity index (χ3n) is 5.37. The fourth-order valence-corrected chi connectivity index (χ4v) is 3.69. The maximum absolute atomic E-state index is 12.2. The quantitative estimate of drug-likeness (QED) is 0.214. The highest BCUT2D eigenvalue weighted by molar-refractivity contribution is 5.83. The standard InChI is InChI=1S/C23H38O6/c1-3-4-5-6-7-9-12-19-14-15-21(25)20(19)13-10-8-11-16-23(28,22(26)27)29-17-18(2)24/h4-5,9,12,18-20,24,28H,3,6-8,10-11,13-17H2,1-2H3,(H,26,27)/t18?,19-,20+,23?/m0/s1. The molecule has 1 aliphatic carbocycles. The molecule has 0 aliphatic heterocycles. The Labute approximate surface area is 174 Å². The van der Waals surface area contributed by atoms with Crippen molar-refractivity contribution in [2.24, 2.45) is 11.8 Å². The van der Waals surface area contributed by atoms with Crippen LogP contribution in [0.5, 0.6) is 0 Å². The minimum absolute atomic E-state index is 0.0394. The first-order valence-electron chi connectivity index (χ1n) is 10.9. The van der Waals surface area contributed by atoms with Crippen molar-refractivity contribution in [3.63, 3.8) is 0 Å². The summed E-state index contributed by atoms with van der Waals surface area (Å²) >= 11 is 0. The van der Waals surface area contributed by atoms with Crippen LogP contribution in [0.25, 0.3) is 0 Å². The van der Waals surface area contributed by atoms with Gasteiger partial charge in [-0.05, 0) is 51.4 Å². The first-order chi connectivity index (χ1) is 13.8. The zero-order valence-corrected chi connectivity index (χ0v) is 17.9. The predicted octanol–water partition coefficient (Wildman–Crippen LogP) is 4.01. The molecular formula is C23H38O6. The van der Waals surface area contributed by atoms with Crippen molar-refractivity contribution in [1.82, 2.24) is 0 Å². The van der Waals surface area contributed by atoms with Crippen LogP contribution in [-0.4, -0.2) is 45.6 Å². The number of ketones is 1. The van der Waals surface area contributed by atoms with Crippen LogP contribution in [0.15, 0.2) is 24.3 Å². The highest BCUT2D eigenvalue weighted by Crippen LogP contribution is 2.34. The topological polar surface area (TPSA) is 104 Å². The molecule has 1 rings (SSSR count). The van der Waals surface area contributed by atoms with Crippen LogP contribution in [-0.2, 0) is 14.3 Å². The number of allylic oxidation sites excluding steroid dienone is 4. The second-order valence-electron chi connectivity index (χ2n) is 8.01. The molecular weight excluding hydrogens is 372 g/mol. The molecule has 1 fully saturated rings. The SMILES string of the molecule is CCC=CCCC=C[C@H]1CCC(=O)[C@@H]1CCCCCC(O)(OCC(C)O)C(=O)O. The molecule has 2 unspecified atom stereocenters. The molecule has 0 bridgehead atoms. The van der Waals surface area contributed by atoms with E-state index in [1.165, 1.54) is 6.92 Å². The number of aliphatic hydroxyl groups excluding tert-OH is 1. The summed E-state index contributed by atoms with van der Waals surface area (Å²) < 4.78 is 4.98. The van der Waals surface area contributed by atoms with Crippen molar-refractivity contribution in [2.75, 3.05) is 6.61 Å². The molecule has 0 aromatic rings. The smallest absolute Gasteiger partial charge is 0.364 e. The number of carbonyl (C=O) groups excluding carboxylic acids is 1. The van der Waals surface area contributed by atoms with Gasteiger partial charge >= 0.3 is 5.97 Å². The van der Waals surface area contributed by atoms with E-state index in [0.717, 1.165) is 44.9 Å². The predicted molar refractivity (Wildman–Crippen MR) is 112 cm³/mol. The molecule has 0 radical (unpaired) electrons. The Kier molecular flexibility index (Phi) is 12.0. The van der Waals surface area contributed by atoms with Crippen LogP contribution >= 0.6 is 0 Å². The van der Waals surface area contributed by atoms with Gasteiger partial charge in [-0.2, -0.15) is 0 Å². The van der Waals surface area contributed by atoms with Crippen LogP contribution in [0.2, 0.25) is 0 Å². The fraction of sp³-hybridized carbons (Fsp3) is 0.739. The summed E-state index contributed by atoms with van der Waals surface area (Å²) in [6, 6.07) is 0. The maximum atomic E-state index is 12.2. The summed E-state index contributed by atoms with van der Waals surface area (Å²) in [6.07, 6.45) is 15.3. The maximum Gasteiger partial charge on any atom is 0.364 e. The first-order valence-corrected chi connectivity index (χ1v) is 10.9. The van der Waals surface area contributed by atoms with Crippen molar-refractivity contribution >= 4 is 11.8 Å². The van der Waals surface area contributed by atoms with Gasteiger partial charge in [0, 0.05) is 18.8 Å². The van der Waals surface area contributed by atoms with E-state index in [1.807, 2.05) is 0 Å². The summed E-state index contributed by atoms with van der Waals surface area (Å²) in [7, 11) is 0. The zero-order chi connectivity index (χ0) is 21.7. The average Bonchev–Trinajstić information content (AvgIpc) is 3.02. The van der Waals surface area contributed by atoms with Gasteiger partial charge in [-0.25, -0.2) is 4.79 Å². The van der Waals surface area contributed by atoms with Crippen molar-refractivity contribution < 1.29 is 29.6 Å². The Morgan fingerprint density at radius 2 is 1.97 bits per heavy atom. The lowest BCUT2D eigenvalue weighted by Gasteiger charge is -2.24. The van der Waals surface area contributed by atoms with E-state index >= 15 is 0 Å². The number of carboxylic acids is 1. The van der Waals surface area contributed by atoms with Gasteiger partial charge in [0.25, 0.3) is 5.79 Å². The van der Waals surface area contributed by atoms with Crippen molar-refractivity contribution in [3.05, 3.63) is 24.3 Å². The minimum Gasteiger partial charge on any atom is -0.477 e. The molecule has 1 saturated carbocycles. The van der Waals surface area contributed by atoms with Gasteiger partial charge in [-0.15, -0.1) is 0 Å². The van der Waals surface area contributed by atoms with Crippen LogP contribution < -0.4 is 0 Å². The van der Waals surface area contributed by atoms with Crippen molar-refractivity contribution in [1.29, 1.82) is 0 Å². The van der Waals surface area contributed by atoms with E-state index in [-0.39, 0.29) is 18.9 Å². The van der Waals surface area contributed by atoms with E-state index in [1.54, 1.807) is 0 Å². The van der Waals surface area contributed by atoms with E-state index < -0.39 is 17.9 Å². The highest BCUT2D eigenvalue weighted by atomic mass is 16.6. The lowest BCUT2D eigenvalue weighted by atomic mass is 9.89. The third-order valence-corrected chi connectivity index (χ3v) is 5.37.